The molecule has 3 aromatic heterocycles. The van der Waals surface area contributed by atoms with Crippen molar-refractivity contribution in [2.45, 2.75) is 36.0 Å². The minimum absolute atomic E-state index is 0.117. The van der Waals surface area contributed by atoms with Crippen LogP contribution < -0.4 is 16.3 Å². The van der Waals surface area contributed by atoms with E-state index in [1.54, 1.807) is 6.07 Å². The monoisotopic (exact) mass is 605 g/mol. The van der Waals surface area contributed by atoms with Gasteiger partial charge in [-0.15, -0.1) is 40.0 Å². The Kier molecular flexibility index (Phi) is 7.97. The normalized spacial score (nSPS) is 18.5. The number of fused-ring (bicyclic) bond motifs is 2. The van der Waals surface area contributed by atoms with Gasteiger partial charge in [-0.25, -0.2) is 9.59 Å². The number of nitrogens with zero attached hydrogens (tertiary/aromatic N) is 5. The molecule has 0 spiro atoms. The lowest BCUT2D eigenvalue weighted by atomic mass is 10.0. The number of carbonyl (C=O) groups is 4. The summed E-state index contributed by atoms with van der Waals surface area (Å²) in [6.45, 7) is 0.0252. The molecule has 4 N–H and O–H groups in total. The van der Waals surface area contributed by atoms with E-state index in [0.29, 0.717) is 22.9 Å². The Morgan fingerprint density at radius 1 is 1.18 bits per heavy atom. The smallest absolute Gasteiger partial charge is 0.367 e. The summed E-state index contributed by atoms with van der Waals surface area (Å²) in [5.41, 5.74) is 0.866. The molecule has 2 aliphatic rings. The average molecular weight is 606 g/mol. The lowest BCUT2D eigenvalue weighted by molar-refractivity contribution is -0.150. The van der Waals surface area contributed by atoms with Crippen LogP contribution in [0.15, 0.2) is 44.7 Å². The summed E-state index contributed by atoms with van der Waals surface area (Å²) in [7, 11) is 1.82. The summed E-state index contributed by atoms with van der Waals surface area (Å²) < 4.78 is 1.77. The maximum Gasteiger partial charge on any atom is 0.367 e. The predicted octanol–water partition coefficient (Wildman–Crippen LogP) is -0.170. The molecule has 1 saturated heterocycles. The van der Waals surface area contributed by atoms with E-state index in [2.05, 4.69) is 20.8 Å². The first-order valence-corrected chi connectivity index (χ1v) is 14.8. The fourth-order valence-corrected chi connectivity index (χ4v) is 7.64. The van der Waals surface area contributed by atoms with Crippen LogP contribution >= 0.6 is 34.9 Å². The van der Waals surface area contributed by atoms with Crippen molar-refractivity contribution >= 4 is 64.3 Å². The molecule has 0 aromatic carbocycles. The van der Waals surface area contributed by atoms with Gasteiger partial charge < -0.3 is 20.8 Å². The van der Waals surface area contributed by atoms with Crippen molar-refractivity contribution in [3.63, 3.8) is 0 Å². The molecule has 0 aliphatic carbocycles. The van der Waals surface area contributed by atoms with E-state index in [0.717, 1.165) is 19.6 Å². The maximum atomic E-state index is 13.0. The highest BCUT2D eigenvalue weighted by Gasteiger charge is 2.54. The quantitative estimate of drug-likeness (QED) is 0.167. The Labute approximate surface area is 238 Å². The highest BCUT2D eigenvalue weighted by atomic mass is 32.2. The summed E-state index contributed by atoms with van der Waals surface area (Å²) in [5, 5.41) is 34.6. The minimum Gasteiger partial charge on any atom is -0.480 e. The van der Waals surface area contributed by atoms with Gasteiger partial charge >= 0.3 is 17.6 Å². The van der Waals surface area contributed by atoms with Gasteiger partial charge in [-0.2, -0.15) is 14.3 Å². The fraction of sp³-hybridized carbons (Fsp3) is 0.348. The van der Waals surface area contributed by atoms with Crippen LogP contribution in [0.2, 0.25) is 0 Å². The molecule has 210 valence electrons. The first kappa shape index (κ1) is 27.9. The molecular weight excluding hydrogens is 582 g/mol. The zero-order valence-electron chi connectivity index (χ0n) is 20.9. The van der Waals surface area contributed by atoms with Gasteiger partial charge in [0, 0.05) is 22.9 Å². The van der Waals surface area contributed by atoms with Gasteiger partial charge in [-0.1, -0.05) is 0 Å². The molecule has 3 aromatic rings. The number of hydrogen-bond acceptors (Lipinski definition) is 11. The number of carboxylic acid groups (broad SMARTS) is 2. The van der Waals surface area contributed by atoms with Crippen molar-refractivity contribution in [3.8, 4) is 0 Å². The molecule has 2 aliphatic heterocycles. The van der Waals surface area contributed by atoms with Crippen molar-refractivity contribution < 1.29 is 29.4 Å². The molecule has 40 heavy (non-hydrogen) atoms. The van der Waals surface area contributed by atoms with E-state index < -0.39 is 41.5 Å². The van der Waals surface area contributed by atoms with Crippen molar-refractivity contribution in [2.24, 2.45) is 0 Å². The molecule has 1 unspecified atom stereocenters. The molecule has 2 atom stereocenters. The third kappa shape index (κ3) is 5.36. The molecule has 2 amide bonds. The standard InChI is InChI=1S/C23H23N7O7S3/c1-24-7-11-4-5-38-13(11)6-15(31)25-18-20(34)29-19(22(35)36)12(10-40-21(18)29)9-39-16-3-2-14-26-28(8-17(32)33)23(37)30(14)27-16/h2-5,18,21,24H,6-10H2,1H3,(H,25,31)(H,32,33)(H,35,36)/t18?,21-/m1/s1. The van der Waals surface area contributed by atoms with E-state index in [1.165, 1.54) is 45.8 Å². The molecule has 14 nitrogen and oxygen atoms in total. The van der Waals surface area contributed by atoms with Crippen LogP contribution in [0.25, 0.3) is 5.65 Å². The van der Waals surface area contributed by atoms with Gasteiger partial charge in [0.25, 0.3) is 5.91 Å². The van der Waals surface area contributed by atoms with Crippen molar-refractivity contribution in [3.05, 3.63) is 55.8 Å². The van der Waals surface area contributed by atoms with Gasteiger partial charge in [0.15, 0.2) is 5.65 Å². The van der Waals surface area contributed by atoms with Crippen molar-refractivity contribution in [1.29, 1.82) is 0 Å². The molecule has 5 rings (SSSR count). The number of hydrogen-bond donors (Lipinski definition) is 4. The maximum absolute atomic E-state index is 13.0. The van der Waals surface area contributed by atoms with Crippen LogP contribution in [-0.2, 0) is 38.7 Å². The summed E-state index contributed by atoms with van der Waals surface area (Å²) >= 11 is 4.01. The number of β-lactam (4-membered cyclic amide) rings is 1. The second-order valence-electron chi connectivity index (χ2n) is 8.85. The first-order chi connectivity index (χ1) is 19.2. The van der Waals surface area contributed by atoms with Crippen molar-refractivity contribution in [2.75, 3.05) is 18.6 Å². The summed E-state index contributed by atoms with van der Waals surface area (Å²) in [4.78, 5) is 63.3. The fourth-order valence-electron chi connectivity index (χ4n) is 4.40. The molecule has 1 fully saturated rings. The molecular formula is C23H23N7O7S3. The van der Waals surface area contributed by atoms with Crippen molar-refractivity contribution in [1.82, 2.24) is 34.9 Å². The molecule has 17 heteroatoms. The summed E-state index contributed by atoms with van der Waals surface area (Å²) in [5.74, 6) is -2.74. The van der Waals surface area contributed by atoms with E-state index in [-0.39, 0.29) is 29.4 Å². The molecule has 0 bridgehead atoms. The second-order valence-corrected chi connectivity index (χ2v) is 12.0. The number of aliphatic carboxylic acids is 2. The zero-order chi connectivity index (χ0) is 28.6. The molecule has 5 heterocycles. The highest BCUT2D eigenvalue weighted by Crippen LogP contribution is 2.41. The number of aromatic nitrogens is 4. The van der Waals surface area contributed by atoms with Gasteiger partial charge in [-0.3, -0.25) is 19.3 Å². The number of rotatable bonds is 11. The SMILES string of the molecule is CNCc1ccsc1CC(=O)NC1C(=O)N2C(C(=O)O)=C(CSc3ccc4nn(CC(=O)O)c(=O)n4n3)CS[C@H]12. The van der Waals surface area contributed by atoms with E-state index >= 15 is 0 Å². The third-order valence-electron chi connectivity index (χ3n) is 6.19. The summed E-state index contributed by atoms with van der Waals surface area (Å²) in [6.07, 6.45) is 0.134. The predicted molar refractivity (Wildman–Crippen MR) is 146 cm³/mol. The lowest BCUT2D eigenvalue weighted by Crippen LogP contribution is -2.70. The number of thiophene rings is 1. The Balaban J connectivity index is 1.27. The van der Waals surface area contributed by atoms with Crippen LogP contribution in [0.3, 0.4) is 0 Å². The van der Waals surface area contributed by atoms with Gasteiger partial charge in [-0.05, 0) is 41.8 Å². The van der Waals surface area contributed by atoms with Crippen LogP contribution in [0.4, 0.5) is 0 Å². The van der Waals surface area contributed by atoms with E-state index in [1.807, 2.05) is 18.5 Å². The van der Waals surface area contributed by atoms with Crippen LogP contribution in [0, 0.1) is 0 Å². The lowest BCUT2D eigenvalue weighted by Gasteiger charge is -2.49. The number of nitrogens with one attached hydrogen (secondary N) is 2. The minimum atomic E-state index is -1.25. The Bertz CT molecular complexity index is 1610. The topological polar surface area (TPSA) is 188 Å². The number of thioether (sulfide) groups is 2. The number of carbonyl (C=O) groups excluding carboxylic acids is 2. The highest BCUT2D eigenvalue weighted by molar-refractivity contribution is 8.01. The Hall–Kier alpha value is -3.67. The van der Waals surface area contributed by atoms with E-state index in [4.69, 9.17) is 5.11 Å². The van der Waals surface area contributed by atoms with Gasteiger partial charge in [0.05, 0.1) is 6.42 Å². The molecule has 0 saturated carbocycles. The van der Waals surface area contributed by atoms with Crippen LogP contribution in [-0.4, -0.2) is 88.2 Å². The van der Waals surface area contributed by atoms with Crippen LogP contribution in [0.5, 0.6) is 0 Å². The van der Waals surface area contributed by atoms with E-state index in [9.17, 15) is 29.1 Å². The number of carboxylic acids is 2. The second kappa shape index (κ2) is 11.4. The first-order valence-electron chi connectivity index (χ1n) is 11.9. The summed E-state index contributed by atoms with van der Waals surface area (Å²) in [6, 6.07) is 4.23. The third-order valence-corrected chi connectivity index (χ3v) is 9.50. The molecule has 0 radical (unpaired) electrons. The zero-order valence-corrected chi connectivity index (χ0v) is 23.3. The van der Waals surface area contributed by atoms with Crippen LogP contribution in [0.1, 0.15) is 10.4 Å². The number of amides is 2. The van der Waals surface area contributed by atoms with Gasteiger partial charge in [0.1, 0.15) is 28.7 Å². The Morgan fingerprint density at radius 2 is 1.98 bits per heavy atom. The largest absolute Gasteiger partial charge is 0.480 e. The Morgan fingerprint density at radius 3 is 2.70 bits per heavy atom. The average Bonchev–Trinajstić information content (AvgIpc) is 3.48. The van der Waals surface area contributed by atoms with Gasteiger partial charge in [0.2, 0.25) is 5.91 Å².